The first-order valence-electron chi connectivity index (χ1n) is 10.3. The van der Waals surface area contributed by atoms with Crippen LogP contribution < -0.4 is 16.3 Å². The second-order valence-corrected chi connectivity index (χ2v) is 8.38. The molecule has 1 saturated heterocycles. The van der Waals surface area contributed by atoms with Gasteiger partial charge in [0.05, 0.1) is 16.8 Å². The molecule has 3 aliphatic rings. The summed E-state index contributed by atoms with van der Waals surface area (Å²) in [6, 6.07) is 1.74. The molecule has 1 spiro atoms. The number of pyridine rings is 1. The van der Waals surface area contributed by atoms with Gasteiger partial charge in [-0.1, -0.05) is 6.42 Å². The number of hydrogen-bond acceptors (Lipinski definition) is 4. The van der Waals surface area contributed by atoms with Gasteiger partial charge in [-0.3, -0.25) is 14.4 Å². The van der Waals surface area contributed by atoms with Gasteiger partial charge in [0.15, 0.2) is 0 Å². The second-order valence-electron chi connectivity index (χ2n) is 8.38. The molecular formula is C23H25N5O. The number of carbonyl (C=O) groups is 1. The van der Waals surface area contributed by atoms with E-state index in [1.807, 2.05) is 19.3 Å². The molecule has 29 heavy (non-hydrogen) atoms. The predicted octanol–water partition coefficient (Wildman–Crippen LogP) is 1.26. The van der Waals surface area contributed by atoms with Crippen molar-refractivity contribution in [3.63, 3.8) is 0 Å². The Kier molecular flexibility index (Phi) is 4.26. The average Bonchev–Trinajstić information content (AvgIpc) is 3.39. The van der Waals surface area contributed by atoms with Crippen LogP contribution in [0.25, 0.3) is 22.9 Å². The van der Waals surface area contributed by atoms with E-state index >= 15 is 0 Å². The van der Waals surface area contributed by atoms with Crippen LogP contribution in [0.5, 0.6) is 0 Å². The Balaban J connectivity index is 1.59. The zero-order chi connectivity index (χ0) is 20.0. The van der Waals surface area contributed by atoms with Crippen molar-refractivity contribution in [2.24, 2.45) is 12.8 Å². The summed E-state index contributed by atoms with van der Waals surface area (Å²) >= 11 is 0. The van der Waals surface area contributed by atoms with Crippen LogP contribution in [0.3, 0.4) is 0 Å². The lowest BCUT2D eigenvalue weighted by atomic mass is 9.99. The highest BCUT2D eigenvalue weighted by atomic mass is 16.1. The van der Waals surface area contributed by atoms with Crippen LogP contribution in [-0.2, 0) is 7.05 Å². The van der Waals surface area contributed by atoms with Gasteiger partial charge in [0.1, 0.15) is 5.69 Å². The summed E-state index contributed by atoms with van der Waals surface area (Å²) in [4.78, 5) is 19.1. The predicted molar refractivity (Wildman–Crippen MR) is 112 cm³/mol. The number of hydrogen-bond donors (Lipinski definition) is 1. The van der Waals surface area contributed by atoms with Crippen molar-refractivity contribution in [2.45, 2.75) is 37.6 Å². The van der Waals surface area contributed by atoms with Crippen molar-refractivity contribution in [2.75, 3.05) is 13.1 Å². The van der Waals surface area contributed by atoms with Gasteiger partial charge >= 0.3 is 0 Å². The van der Waals surface area contributed by atoms with Crippen LogP contribution in [0.2, 0.25) is 0 Å². The average molecular weight is 387 g/mol. The molecule has 2 aromatic heterocycles. The minimum absolute atomic E-state index is 0.263. The maximum Gasteiger partial charge on any atom is 0.267 e. The second kappa shape index (κ2) is 6.83. The molecule has 2 aromatic rings. The summed E-state index contributed by atoms with van der Waals surface area (Å²) < 4.78 is 1.74. The number of aryl methyl sites for hydroxylation is 1. The Hall–Kier alpha value is -2.95. The third-order valence-electron chi connectivity index (χ3n) is 6.35. The Labute approximate surface area is 169 Å². The molecule has 0 atom stereocenters. The van der Waals surface area contributed by atoms with Crippen LogP contribution in [0.15, 0.2) is 36.2 Å². The number of allylic oxidation sites excluding steroid dienone is 2. The number of nitrogens with zero attached hydrogens (tertiary/aromatic N) is 4. The zero-order valence-corrected chi connectivity index (χ0v) is 16.7. The van der Waals surface area contributed by atoms with E-state index in [9.17, 15) is 4.79 Å². The molecule has 148 valence electrons. The summed E-state index contributed by atoms with van der Waals surface area (Å²) in [5.74, 6) is -0.530. The standard InChI is InChI=1S/C23H25N5O/c1-27-15-17(13-25-27)19-12-21(22(24)29)26-20-11-16(5-4-6-18(19)20)14-28-10-3-2-7-23(28)8-9-23/h4-5,11-13,15H,2-3,7-10,14H2,1H3,(H2,24,29). The van der Waals surface area contributed by atoms with Crippen molar-refractivity contribution in [1.82, 2.24) is 19.7 Å². The molecule has 1 amide bonds. The molecule has 0 unspecified atom stereocenters. The molecule has 6 heteroatoms. The summed E-state index contributed by atoms with van der Waals surface area (Å²) in [5.41, 5.74) is 12.6. The van der Waals surface area contributed by atoms with E-state index < -0.39 is 5.91 Å². The minimum atomic E-state index is -0.530. The number of primary amides is 1. The van der Waals surface area contributed by atoms with Crippen LogP contribution in [0, 0.1) is 0 Å². The third kappa shape index (κ3) is 3.35. The molecule has 2 fully saturated rings. The molecule has 0 radical (unpaired) electrons. The van der Waals surface area contributed by atoms with Crippen molar-refractivity contribution < 1.29 is 4.79 Å². The molecule has 5 rings (SSSR count). The van der Waals surface area contributed by atoms with Gasteiger partial charge in [0, 0.05) is 36.5 Å². The van der Waals surface area contributed by atoms with Gasteiger partial charge < -0.3 is 5.73 Å². The smallest absolute Gasteiger partial charge is 0.267 e. The fraction of sp³-hybridized carbons (Fsp3) is 0.391. The normalized spacial score (nSPS) is 19.7. The summed E-state index contributed by atoms with van der Waals surface area (Å²) in [7, 11) is 1.87. The summed E-state index contributed by atoms with van der Waals surface area (Å²) in [6.07, 6.45) is 16.4. The first kappa shape index (κ1) is 18.1. The van der Waals surface area contributed by atoms with Crippen molar-refractivity contribution in [1.29, 1.82) is 0 Å². The number of likely N-dealkylation sites (tertiary alicyclic amines) is 1. The van der Waals surface area contributed by atoms with Crippen molar-refractivity contribution in [3.05, 3.63) is 52.4 Å². The monoisotopic (exact) mass is 387 g/mol. The Bertz CT molecular complexity index is 1180. The van der Waals surface area contributed by atoms with Crippen LogP contribution in [-0.4, -0.2) is 44.2 Å². The molecule has 6 nitrogen and oxygen atoms in total. The Morgan fingerprint density at radius 3 is 2.90 bits per heavy atom. The summed E-state index contributed by atoms with van der Waals surface area (Å²) in [5, 5.41) is 5.87. The van der Waals surface area contributed by atoms with Crippen molar-refractivity contribution in [3.8, 4) is 11.1 Å². The first-order chi connectivity index (χ1) is 14.0. The van der Waals surface area contributed by atoms with Gasteiger partial charge in [0.2, 0.25) is 0 Å². The lowest BCUT2D eigenvalue weighted by Crippen LogP contribution is -2.42. The van der Waals surface area contributed by atoms with E-state index in [4.69, 9.17) is 5.73 Å². The number of piperidine rings is 1. The third-order valence-corrected chi connectivity index (χ3v) is 6.35. The molecule has 1 aliphatic heterocycles. The van der Waals surface area contributed by atoms with Crippen molar-refractivity contribution >= 4 is 17.7 Å². The van der Waals surface area contributed by atoms with E-state index in [1.165, 1.54) is 37.7 Å². The molecular weight excluding hydrogens is 362 g/mol. The minimum Gasteiger partial charge on any atom is -0.364 e. The summed E-state index contributed by atoms with van der Waals surface area (Å²) in [6.45, 7) is 2.06. The number of aromatic nitrogens is 3. The number of nitrogens with two attached hydrogens (primary N) is 1. The molecule has 1 saturated carbocycles. The number of rotatable bonds is 4. The van der Waals surface area contributed by atoms with Gasteiger partial charge in [-0.05, 0) is 62.1 Å². The molecule has 3 heterocycles. The zero-order valence-electron chi connectivity index (χ0n) is 16.7. The van der Waals surface area contributed by atoms with Gasteiger partial charge in [-0.2, -0.15) is 5.10 Å². The number of fused-ring (bicyclic) bond motifs is 1. The molecule has 0 bridgehead atoms. The van der Waals surface area contributed by atoms with E-state index in [2.05, 4.69) is 32.9 Å². The lowest BCUT2D eigenvalue weighted by Gasteiger charge is -2.36. The maximum absolute atomic E-state index is 11.9. The fourth-order valence-electron chi connectivity index (χ4n) is 4.62. The van der Waals surface area contributed by atoms with Gasteiger partial charge in [0.25, 0.3) is 5.91 Å². The highest BCUT2D eigenvalue weighted by Crippen LogP contribution is 2.48. The SMILES string of the molecule is Cn1cc(-c2cc(C(N)=O)nc3c2=C=CC=C(CN2CCCCC24CC4)C=3)cn1. The maximum atomic E-state index is 11.9. The first-order valence-corrected chi connectivity index (χ1v) is 10.3. The van der Waals surface area contributed by atoms with Crippen LogP contribution in [0.1, 0.15) is 42.6 Å². The lowest BCUT2D eigenvalue weighted by molar-refractivity contribution is 0.0995. The highest BCUT2D eigenvalue weighted by Gasteiger charge is 2.48. The quantitative estimate of drug-likeness (QED) is 0.857. The highest BCUT2D eigenvalue weighted by molar-refractivity contribution is 5.92. The number of amides is 1. The van der Waals surface area contributed by atoms with E-state index in [0.717, 1.165) is 34.8 Å². The molecule has 2 N–H and O–H groups in total. The van der Waals surface area contributed by atoms with Crippen LogP contribution in [0.4, 0.5) is 0 Å². The Morgan fingerprint density at radius 2 is 2.17 bits per heavy atom. The molecule has 0 aromatic carbocycles. The Morgan fingerprint density at radius 1 is 1.31 bits per heavy atom. The van der Waals surface area contributed by atoms with Crippen LogP contribution >= 0.6 is 0 Å². The van der Waals surface area contributed by atoms with E-state index in [0.29, 0.717) is 5.54 Å². The van der Waals surface area contributed by atoms with Gasteiger partial charge in [-0.25, -0.2) is 4.98 Å². The largest absolute Gasteiger partial charge is 0.364 e. The van der Waals surface area contributed by atoms with E-state index in [-0.39, 0.29) is 5.69 Å². The number of carbonyl (C=O) groups excluding carboxylic acids is 1. The van der Waals surface area contributed by atoms with E-state index in [1.54, 1.807) is 16.9 Å². The topological polar surface area (TPSA) is 77.0 Å². The fourth-order valence-corrected chi connectivity index (χ4v) is 4.62. The van der Waals surface area contributed by atoms with Gasteiger partial charge in [-0.15, -0.1) is 5.73 Å². The molecule has 2 aliphatic carbocycles.